The van der Waals surface area contributed by atoms with Crippen molar-refractivity contribution in [1.82, 2.24) is 15.6 Å². The van der Waals surface area contributed by atoms with E-state index in [0.717, 1.165) is 6.54 Å². The van der Waals surface area contributed by atoms with Crippen molar-refractivity contribution in [3.05, 3.63) is 23.9 Å². The molecule has 5 nitrogen and oxygen atoms in total. The van der Waals surface area contributed by atoms with Crippen molar-refractivity contribution in [3.8, 4) is 5.88 Å². The molecule has 2 heterocycles. The number of guanidine groups is 1. The van der Waals surface area contributed by atoms with Crippen molar-refractivity contribution in [1.29, 1.82) is 0 Å². The van der Waals surface area contributed by atoms with Crippen molar-refractivity contribution < 1.29 is 17.9 Å². The van der Waals surface area contributed by atoms with Gasteiger partial charge < -0.3 is 15.4 Å². The Balaban J connectivity index is 0.00000312. The lowest BCUT2D eigenvalue weighted by Gasteiger charge is -2.16. The summed E-state index contributed by atoms with van der Waals surface area (Å²) >= 11 is 1.94. The number of aliphatic imine (C=N–C) groups is 1. The quantitative estimate of drug-likeness (QED) is 0.365. The van der Waals surface area contributed by atoms with Gasteiger partial charge in [0.15, 0.2) is 12.6 Å². The lowest BCUT2D eigenvalue weighted by atomic mass is 10.2. The van der Waals surface area contributed by atoms with E-state index in [1.807, 2.05) is 11.8 Å². The van der Waals surface area contributed by atoms with Gasteiger partial charge in [-0.2, -0.15) is 24.9 Å². The summed E-state index contributed by atoms with van der Waals surface area (Å²) < 4.78 is 41.6. The minimum Gasteiger partial charge on any atom is -0.468 e. The number of nitrogens with zero attached hydrogens (tertiary/aromatic N) is 2. The number of hydrogen-bond donors (Lipinski definition) is 2. The summed E-state index contributed by atoms with van der Waals surface area (Å²) in [5.41, 5.74) is 0.542. The van der Waals surface area contributed by atoms with Gasteiger partial charge in [0, 0.05) is 37.1 Å². The average Bonchev–Trinajstić information content (AvgIpc) is 3.06. The van der Waals surface area contributed by atoms with E-state index in [4.69, 9.17) is 4.74 Å². The van der Waals surface area contributed by atoms with E-state index in [-0.39, 0.29) is 36.4 Å². The lowest BCUT2D eigenvalue weighted by molar-refractivity contribution is -0.154. The standard InChI is InChI=1S/C15H21F3N4OS.HI/c1-19-14(22-9-12-5-3-7-24-12)21-8-11-4-2-6-20-13(11)23-10-15(16,17)18;/h2,4,6,12H,3,5,7-10H2,1H3,(H2,19,21,22);1H. The molecule has 0 amide bonds. The summed E-state index contributed by atoms with van der Waals surface area (Å²) in [6.07, 6.45) is -0.566. The molecule has 0 spiro atoms. The number of thioether (sulfide) groups is 1. The van der Waals surface area contributed by atoms with Gasteiger partial charge in [0.25, 0.3) is 0 Å². The van der Waals surface area contributed by atoms with Crippen molar-refractivity contribution in [3.63, 3.8) is 0 Å². The molecule has 2 rings (SSSR count). The van der Waals surface area contributed by atoms with E-state index in [1.54, 1.807) is 19.2 Å². The van der Waals surface area contributed by atoms with Crippen LogP contribution in [-0.4, -0.2) is 48.3 Å². The molecule has 1 fully saturated rings. The maximum Gasteiger partial charge on any atom is 0.422 e. The maximum atomic E-state index is 12.3. The fourth-order valence-electron chi connectivity index (χ4n) is 2.25. The zero-order valence-corrected chi connectivity index (χ0v) is 17.0. The van der Waals surface area contributed by atoms with Crippen LogP contribution in [0.5, 0.6) is 5.88 Å². The Hall–Kier alpha value is -0.910. The second-order valence-corrected chi connectivity index (χ2v) is 6.72. The van der Waals surface area contributed by atoms with Crippen molar-refractivity contribution in [2.75, 3.05) is 26.0 Å². The Morgan fingerprint density at radius 2 is 2.24 bits per heavy atom. The summed E-state index contributed by atoms with van der Waals surface area (Å²) in [6.45, 7) is -0.268. The molecule has 0 aliphatic carbocycles. The Kier molecular flexibility index (Phi) is 9.69. The largest absolute Gasteiger partial charge is 0.468 e. The predicted octanol–water partition coefficient (Wildman–Crippen LogP) is 3.20. The van der Waals surface area contributed by atoms with Gasteiger partial charge >= 0.3 is 6.18 Å². The number of rotatable bonds is 6. The molecule has 10 heteroatoms. The van der Waals surface area contributed by atoms with E-state index in [1.165, 1.54) is 24.8 Å². The number of nitrogens with one attached hydrogen (secondary N) is 2. The molecule has 1 saturated heterocycles. The number of halogens is 4. The first-order chi connectivity index (χ1) is 11.5. The van der Waals surface area contributed by atoms with Gasteiger partial charge in [-0.15, -0.1) is 24.0 Å². The van der Waals surface area contributed by atoms with Gasteiger partial charge in [0.2, 0.25) is 5.88 Å². The molecule has 0 saturated carbocycles. The zero-order chi connectivity index (χ0) is 17.4. The summed E-state index contributed by atoms with van der Waals surface area (Å²) in [5, 5.41) is 6.89. The third-order valence-corrected chi connectivity index (χ3v) is 4.81. The molecule has 0 bridgehead atoms. The van der Waals surface area contributed by atoms with E-state index in [0.29, 0.717) is 16.8 Å². The summed E-state index contributed by atoms with van der Waals surface area (Å²) in [6, 6.07) is 3.33. The molecule has 0 radical (unpaired) electrons. The molecule has 1 unspecified atom stereocenters. The Bertz CT molecular complexity index is 554. The highest BCUT2D eigenvalue weighted by molar-refractivity contribution is 14.0. The Morgan fingerprint density at radius 3 is 2.88 bits per heavy atom. The van der Waals surface area contributed by atoms with Crippen LogP contribution in [0.3, 0.4) is 0 Å². The van der Waals surface area contributed by atoms with Crippen LogP contribution in [0.2, 0.25) is 0 Å². The maximum absolute atomic E-state index is 12.3. The van der Waals surface area contributed by atoms with Crippen LogP contribution in [0.1, 0.15) is 18.4 Å². The van der Waals surface area contributed by atoms with Gasteiger partial charge in [-0.25, -0.2) is 4.98 Å². The fraction of sp³-hybridized carbons (Fsp3) is 0.600. The van der Waals surface area contributed by atoms with Gasteiger partial charge in [0.05, 0.1) is 0 Å². The summed E-state index contributed by atoms with van der Waals surface area (Å²) in [4.78, 5) is 7.99. The van der Waals surface area contributed by atoms with Gasteiger partial charge in [-0.05, 0) is 24.7 Å². The molecule has 1 aromatic rings. The second-order valence-electron chi connectivity index (χ2n) is 5.31. The smallest absolute Gasteiger partial charge is 0.422 e. The molecule has 25 heavy (non-hydrogen) atoms. The molecule has 142 valence electrons. The van der Waals surface area contributed by atoms with E-state index >= 15 is 0 Å². The first-order valence-corrected chi connectivity index (χ1v) is 8.72. The van der Waals surface area contributed by atoms with Crippen LogP contribution in [0.15, 0.2) is 23.3 Å². The lowest BCUT2D eigenvalue weighted by Crippen LogP contribution is -2.39. The highest BCUT2D eigenvalue weighted by Crippen LogP contribution is 2.25. The molecule has 1 aromatic heterocycles. The molecule has 1 aliphatic rings. The SMILES string of the molecule is CN=C(NCc1cccnc1OCC(F)(F)F)NCC1CCCS1.I. The monoisotopic (exact) mass is 490 g/mol. The molecule has 0 aromatic carbocycles. The minimum absolute atomic E-state index is 0. The highest BCUT2D eigenvalue weighted by atomic mass is 127. The van der Waals surface area contributed by atoms with Crippen LogP contribution in [0.4, 0.5) is 13.2 Å². The predicted molar refractivity (Wildman–Crippen MR) is 105 cm³/mol. The topological polar surface area (TPSA) is 58.5 Å². The number of aromatic nitrogens is 1. The van der Waals surface area contributed by atoms with Crippen LogP contribution in [-0.2, 0) is 6.54 Å². The number of ether oxygens (including phenoxy) is 1. The average molecular weight is 490 g/mol. The van der Waals surface area contributed by atoms with Gasteiger partial charge in [-0.3, -0.25) is 4.99 Å². The second kappa shape index (κ2) is 10.9. The molecular weight excluding hydrogens is 468 g/mol. The molecule has 1 aliphatic heterocycles. The zero-order valence-electron chi connectivity index (χ0n) is 13.8. The van der Waals surface area contributed by atoms with Gasteiger partial charge in [-0.1, -0.05) is 6.07 Å². The number of hydrogen-bond acceptors (Lipinski definition) is 4. The normalized spacial score (nSPS) is 17.8. The molecule has 2 N–H and O–H groups in total. The van der Waals surface area contributed by atoms with Crippen molar-refractivity contribution in [2.24, 2.45) is 4.99 Å². The minimum atomic E-state index is -4.39. The highest BCUT2D eigenvalue weighted by Gasteiger charge is 2.29. The van der Waals surface area contributed by atoms with Crippen LogP contribution >= 0.6 is 35.7 Å². The molecule has 1 atom stereocenters. The van der Waals surface area contributed by atoms with Crippen LogP contribution in [0.25, 0.3) is 0 Å². The number of pyridine rings is 1. The van der Waals surface area contributed by atoms with E-state index in [9.17, 15) is 13.2 Å². The van der Waals surface area contributed by atoms with Crippen LogP contribution < -0.4 is 15.4 Å². The summed E-state index contributed by atoms with van der Waals surface area (Å²) in [5.74, 6) is 1.77. The third-order valence-electron chi connectivity index (χ3n) is 3.41. The summed E-state index contributed by atoms with van der Waals surface area (Å²) in [7, 11) is 1.65. The Labute approximate surface area is 166 Å². The van der Waals surface area contributed by atoms with Crippen LogP contribution in [0, 0.1) is 0 Å². The fourth-order valence-corrected chi connectivity index (χ4v) is 3.46. The Morgan fingerprint density at radius 1 is 1.44 bits per heavy atom. The van der Waals surface area contributed by atoms with E-state index < -0.39 is 12.8 Å². The first-order valence-electron chi connectivity index (χ1n) is 7.67. The van der Waals surface area contributed by atoms with E-state index in [2.05, 4.69) is 20.6 Å². The van der Waals surface area contributed by atoms with Crippen molar-refractivity contribution >= 4 is 41.7 Å². The van der Waals surface area contributed by atoms with Gasteiger partial charge in [0.1, 0.15) is 0 Å². The third kappa shape index (κ3) is 8.34. The van der Waals surface area contributed by atoms with Crippen molar-refractivity contribution in [2.45, 2.75) is 30.8 Å². The first kappa shape index (κ1) is 22.1. The number of alkyl halides is 3. The molecular formula is C15H22F3IN4OS.